The van der Waals surface area contributed by atoms with Crippen molar-refractivity contribution in [3.8, 4) is 0 Å². The predicted molar refractivity (Wildman–Crippen MR) is 205 cm³/mol. The first-order chi connectivity index (χ1) is 22.3. The average molecular weight is 625 g/mol. The molecule has 0 unspecified atom stereocenters. The normalized spacial score (nSPS) is 15.9. The fraction of sp³-hybridized carbons (Fsp3) is 0.837. The van der Waals surface area contributed by atoms with Gasteiger partial charge >= 0.3 is 0 Å². The summed E-state index contributed by atoms with van der Waals surface area (Å²) in [6, 6.07) is 0. The van der Waals surface area contributed by atoms with E-state index >= 15 is 0 Å². The molecule has 0 amide bonds. The average Bonchev–Trinajstić information content (AvgIpc) is 3.05. The third-order valence-electron chi connectivity index (χ3n) is 9.62. The number of nitrogens with one attached hydrogen (secondary N) is 1. The number of unbranched alkanes of at least 4 members (excludes halogenated alkanes) is 30. The van der Waals surface area contributed by atoms with Crippen molar-refractivity contribution in [1.29, 1.82) is 0 Å². The second kappa shape index (κ2) is 34.0. The molecule has 45 heavy (non-hydrogen) atoms. The Hall–Kier alpha value is -1.31. The maximum atomic E-state index is 4.95. The summed E-state index contributed by atoms with van der Waals surface area (Å²) in [5, 5.41) is 3.77. The van der Waals surface area contributed by atoms with Gasteiger partial charge in [0.1, 0.15) is 0 Å². The second-order valence-electron chi connectivity index (χ2n) is 14.2. The number of hydrogen-bond donors (Lipinski definition) is 1. The van der Waals surface area contributed by atoms with Gasteiger partial charge in [-0.25, -0.2) is 0 Å². The Morgan fingerprint density at radius 3 is 1.09 bits per heavy atom. The number of allylic oxidation sites excluding steroid dienone is 4. The van der Waals surface area contributed by atoms with E-state index in [9.17, 15) is 0 Å². The molecule has 2 nitrogen and oxygen atoms in total. The zero-order valence-corrected chi connectivity index (χ0v) is 31.1. The predicted octanol–water partition coefficient (Wildman–Crippen LogP) is 15.2. The topological polar surface area (TPSA) is 24.4 Å². The van der Waals surface area contributed by atoms with Crippen LogP contribution >= 0.6 is 0 Å². The van der Waals surface area contributed by atoms with Crippen LogP contribution in [0.4, 0.5) is 0 Å². The van der Waals surface area contributed by atoms with Crippen LogP contribution in [0.25, 0.3) is 0 Å². The molecule has 0 aromatic rings. The summed E-state index contributed by atoms with van der Waals surface area (Å²) in [5.74, 6) is 0. The number of nitrogens with zero attached hydrogens (tertiary/aromatic N) is 1. The van der Waals surface area contributed by atoms with Gasteiger partial charge in [0.15, 0.2) is 0 Å². The summed E-state index contributed by atoms with van der Waals surface area (Å²) < 4.78 is 0. The maximum Gasteiger partial charge on any atom is 0.0822 e. The molecular formula is C43H80N2. The van der Waals surface area contributed by atoms with Crippen LogP contribution in [0.1, 0.15) is 233 Å². The zero-order valence-electron chi connectivity index (χ0n) is 31.1. The van der Waals surface area contributed by atoms with E-state index in [2.05, 4.69) is 50.5 Å². The summed E-state index contributed by atoms with van der Waals surface area (Å²) in [7, 11) is 0. The summed E-state index contributed by atoms with van der Waals surface area (Å²) >= 11 is 0. The van der Waals surface area contributed by atoms with Gasteiger partial charge in [0.05, 0.1) is 23.3 Å². The van der Waals surface area contributed by atoms with Gasteiger partial charge in [0.2, 0.25) is 0 Å². The van der Waals surface area contributed by atoms with E-state index in [1.165, 1.54) is 210 Å². The number of hydrogen-bond acceptors (Lipinski definition) is 2. The lowest BCUT2D eigenvalue weighted by atomic mass is 10.0. The van der Waals surface area contributed by atoms with Crippen molar-refractivity contribution >= 4 is 6.21 Å². The molecule has 0 aliphatic carbocycles. The molecule has 1 N–H and O–H groups in total. The summed E-state index contributed by atoms with van der Waals surface area (Å²) in [6.07, 6.45) is 54.7. The molecule has 0 bridgehead atoms. The highest BCUT2D eigenvalue weighted by Gasteiger charge is 2.10. The molecule has 0 aromatic heterocycles. The first-order valence-electron chi connectivity index (χ1n) is 20.7. The molecule has 0 spiro atoms. The minimum absolute atomic E-state index is 1.15. The largest absolute Gasteiger partial charge is 0.353 e. The lowest BCUT2D eigenvalue weighted by molar-refractivity contribution is 0.557. The molecule has 0 aromatic carbocycles. The van der Waals surface area contributed by atoms with Gasteiger partial charge in [-0.1, -0.05) is 212 Å². The Labute approximate surface area is 283 Å². The number of rotatable bonds is 33. The van der Waals surface area contributed by atoms with Gasteiger partial charge < -0.3 is 5.32 Å². The first kappa shape index (κ1) is 41.7. The minimum Gasteiger partial charge on any atom is -0.353 e. The molecule has 1 rings (SSSR count). The fourth-order valence-corrected chi connectivity index (χ4v) is 6.52. The zero-order chi connectivity index (χ0) is 32.3. The Bertz CT molecular complexity index is 743. The van der Waals surface area contributed by atoms with E-state index in [-0.39, 0.29) is 0 Å². The smallest absolute Gasteiger partial charge is 0.0822 e. The molecule has 0 fully saturated rings. The first-order valence-corrected chi connectivity index (χ1v) is 20.7. The molecule has 1 aliphatic heterocycles. The standard InChI is InChI=1S/C43H80N2/c1-4-7-10-13-16-19-22-25-28-31-34-37-41-40-44-42(38-35-32-29-26-23-20-17-14-11-8-5-2)43(45-41)39-36-33-30-27-24-21-18-15-12-9-6-3/h37-40,45H,4-36H2,1-3H3. The summed E-state index contributed by atoms with van der Waals surface area (Å²) in [5.41, 5.74) is 3.64. The Kier molecular flexibility index (Phi) is 31.6. The van der Waals surface area contributed by atoms with Gasteiger partial charge in [-0.3, -0.25) is 4.99 Å². The third-order valence-corrected chi connectivity index (χ3v) is 9.62. The van der Waals surface area contributed by atoms with Crippen LogP contribution in [0.3, 0.4) is 0 Å². The van der Waals surface area contributed by atoms with Crippen LogP contribution in [0.2, 0.25) is 0 Å². The van der Waals surface area contributed by atoms with Crippen molar-refractivity contribution < 1.29 is 0 Å². The van der Waals surface area contributed by atoms with E-state index in [1.807, 2.05) is 0 Å². The van der Waals surface area contributed by atoms with Gasteiger partial charge in [-0.05, 0) is 38.5 Å². The molecular weight excluding hydrogens is 544 g/mol. The Balaban J connectivity index is 2.40. The Morgan fingerprint density at radius 1 is 0.400 bits per heavy atom. The molecule has 0 radical (unpaired) electrons. The van der Waals surface area contributed by atoms with Crippen molar-refractivity contribution in [3.05, 3.63) is 35.3 Å². The molecule has 2 heteroatoms. The molecule has 0 saturated heterocycles. The van der Waals surface area contributed by atoms with Crippen LogP contribution in [-0.2, 0) is 0 Å². The van der Waals surface area contributed by atoms with Crippen LogP contribution in [0.5, 0.6) is 0 Å². The van der Waals surface area contributed by atoms with Gasteiger partial charge in [-0.2, -0.15) is 0 Å². The maximum absolute atomic E-state index is 4.95. The van der Waals surface area contributed by atoms with Crippen LogP contribution in [-0.4, -0.2) is 6.21 Å². The monoisotopic (exact) mass is 625 g/mol. The molecule has 0 atom stereocenters. The lowest BCUT2D eigenvalue weighted by Gasteiger charge is -2.18. The van der Waals surface area contributed by atoms with Crippen LogP contribution < -0.4 is 5.32 Å². The van der Waals surface area contributed by atoms with Gasteiger partial charge in [-0.15, -0.1) is 0 Å². The highest BCUT2D eigenvalue weighted by molar-refractivity contribution is 5.81. The molecule has 1 heterocycles. The molecule has 0 saturated carbocycles. The second-order valence-corrected chi connectivity index (χ2v) is 14.2. The highest BCUT2D eigenvalue weighted by Crippen LogP contribution is 2.21. The van der Waals surface area contributed by atoms with E-state index < -0.39 is 0 Å². The summed E-state index contributed by atoms with van der Waals surface area (Å²) in [4.78, 5) is 4.95. The SMILES string of the molecule is CCCCCCCCCCCCC=C1C=NC(=CCCCCCCCCCCCC)C(=CCCCCCCCCCCCC)N1. The van der Waals surface area contributed by atoms with Crippen molar-refractivity contribution in [2.75, 3.05) is 0 Å². The fourth-order valence-electron chi connectivity index (χ4n) is 6.52. The van der Waals surface area contributed by atoms with Gasteiger partial charge in [0, 0.05) is 0 Å². The van der Waals surface area contributed by atoms with Crippen molar-refractivity contribution in [2.45, 2.75) is 233 Å². The highest BCUT2D eigenvalue weighted by atomic mass is 15.0. The molecule has 1 aliphatic rings. The van der Waals surface area contributed by atoms with Crippen LogP contribution in [0.15, 0.2) is 40.3 Å². The Morgan fingerprint density at radius 2 is 0.711 bits per heavy atom. The minimum atomic E-state index is 1.15. The van der Waals surface area contributed by atoms with E-state index in [1.54, 1.807) is 0 Å². The molecule has 262 valence electrons. The summed E-state index contributed by atoms with van der Waals surface area (Å²) in [6.45, 7) is 6.91. The van der Waals surface area contributed by atoms with Crippen molar-refractivity contribution in [3.63, 3.8) is 0 Å². The van der Waals surface area contributed by atoms with Gasteiger partial charge in [0.25, 0.3) is 0 Å². The lowest BCUT2D eigenvalue weighted by Crippen LogP contribution is -2.19. The van der Waals surface area contributed by atoms with E-state index in [0.717, 1.165) is 19.3 Å². The van der Waals surface area contributed by atoms with Crippen molar-refractivity contribution in [2.24, 2.45) is 4.99 Å². The van der Waals surface area contributed by atoms with E-state index in [4.69, 9.17) is 4.99 Å². The van der Waals surface area contributed by atoms with Crippen molar-refractivity contribution in [1.82, 2.24) is 5.32 Å². The number of aliphatic imine (C=N–C) groups is 1. The van der Waals surface area contributed by atoms with Crippen LogP contribution in [0, 0.1) is 0 Å². The third kappa shape index (κ3) is 27.5. The van der Waals surface area contributed by atoms with E-state index in [0.29, 0.717) is 0 Å². The quantitative estimate of drug-likeness (QED) is 0.0722.